The van der Waals surface area contributed by atoms with Crippen molar-refractivity contribution in [3.63, 3.8) is 0 Å². The molecule has 3 nitrogen and oxygen atoms in total. The number of carbonyl (C=O) groups excluding carboxylic acids is 1. The maximum absolute atomic E-state index is 12.3. The lowest BCUT2D eigenvalue weighted by atomic mass is 9.78. The summed E-state index contributed by atoms with van der Waals surface area (Å²) in [5.74, 6) is 0.955. The minimum atomic E-state index is 0.0264. The van der Waals surface area contributed by atoms with Crippen LogP contribution >= 0.6 is 11.3 Å². The molecule has 24 heavy (non-hydrogen) atoms. The van der Waals surface area contributed by atoms with Gasteiger partial charge in [-0.05, 0) is 54.0 Å². The molecule has 1 aliphatic carbocycles. The SMILES string of the molecule is CCCNC(=O)c1ccc2c(c1)C1C=CCC1C(c1cccs1)N2. The topological polar surface area (TPSA) is 41.1 Å². The highest BCUT2D eigenvalue weighted by Gasteiger charge is 2.38. The lowest BCUT2D eigenvalue weighted by Gasteiger charge is -2.37. The first kappa shape index (κ1) is 15.5. The molecule has 2 heterocycles. The highest BCUT2D eigenvalue weighted by atomic mass is 32.1. The van der Waals surface area contributed by atoms with Crippen molar-refractivity contribution in [2.24, 2.45) is 5.92 Å². The molecule has 0 saturated heterocycles. The van der Waals surface area contributed by atoms with Crippen LogP contribution in [0.3, 0.4) is 0 Å². The van der Waals surface area contributed by atoms with Gasteiger partial charge in [0.1, 0.15) is 0 Å². The first-order valence-electron chi connectivity index (χ1n) is 8.66. The fourth-order valence-corrected chi connectivity index (χ4v) is 4.68. The van der Waals surface area contributed by atoms with Gasteiger partial charge in [0.25, 0.3) is 5.91 Å². The van der Waals surface area contributed by atoms with Crippen molar-refractivity contribution < 1.29 is 4.79 Å². The van der Waals surface area contributed by atoms with Crippen LogP contribution in [0.15, 0.2) is 47.9 Å². The molecule has 1 aromatic heterocycles. The number of fused-ring (bicyclic) bond motifs is 3. The maximum Gasteiger partial charge on any atom is 0.251 e. The summed E-state index contributed by atoms with van der Waals surface area (Å²) >= 11 is 1.82. The van der Waals surface area contributed by atoms with E-state index < -0.39 is 0 Å². The third kappa shape index (κ3) is 2.65. The average Bonchev–Trinajstić information content (AvgIpc) is 3.30. The van der Waals surface area contributed by atoms with Crippen LogP contribution in [0.2, 0.25) is 0 Å². The molecule has 1 aliphatic heterocycles. The summed E-state index contributed by atoms with van der Waals surface area (Å²) < 4.78 is 0. The first-order valence-corrected chi connectivity index (χ1v) is 9.54. The van der Waals surface area contributed by atoms with E-state index in [1.54, 1.807) is 0 Å². The van der Waals surface area contributed by atoms with Crippen LogP contribution in [-0.4, -0.2) is 12.5 Å². The molecular weight excluding hydrogens is 316 g/mol. The zero-order valence-corrected chi connectivity index (χ0v) is 14.6. The Morgan fingerprint density at radius 1 is 1.38 bits per heavy atom. The number of amides is 1. The summed E-state index contributed by atoms with van der Waals surface area (Å²) in [5.41, 5.74) is 3.18. The Balaban J connectivity index is 1.67. The van der Waals surface area contributed by atoms with Crippen LogP contribution in [0.4, 0.5) is 5.69 Å². The van der Waals surface area contributed by atoms with Crippen molar-refractivity contribution >= 4 is 22.9 Å². The molecule has 2 aromatic rings. The largest absolute Gasteiger partial charge is 0.377 e. The molecule has 124 valence electrons. The summed E-state index contributed by atoms with van der Waals surface area (Å²) in [5, 5.41) is 8.83. The second-order valence-corrected chi connectivity index (χ2v) is 7.53. The Kier molecular flexibility index (Phi) is 4.15. The van der Waals surface area contributed by atoms with Gasteiger partial charge in [-0.1, -0.05) is 25.1 Å². The quantitative estimate of drug-likeness (QED) is 0.792. The summed E-state index contributed by atoms with van der Waals surface area (Å²) in [6.45, 7) is 2.79. The summed E-state index contributed by atoms with van der Waals surface area (Å²) in [7, 11) is 0. The Bertz CT molecular complexity index is 766. The molecule has 4 heteroatoms. The molecule has 3 atom stereocenters. The minimum absolute atomic E-state index is 0.0264. The van der Waals surface area contributed by atoms with Gasteiger partial charge in [0.05, 0.1) is 6.04 Å². The van der Waals surface area contributed by atoms with Crippen molar-refractivity contribution in [2.45, 2.75) is 31.7 Å². The Morgan fingerprint density at radius 2 is 2.29 bits per heavy atom. The van der Waals surface area contributed by atoms with Crippen LogP contribution in [-0.2, 0) is 0 Å². The molecule has 0 saturated carbocycles. The van der Waals surface area contributed by atoms with Crippen molar-refractivity contribution in [3.05, 3.63) is 63.9 Å². The Labute approximate surface area is 146 Å². The number of carbonyl (C=O) groups is 1. The fraction of sp³-hybridized carbons (Fsp3) is 0.350. The average molecular weight is 338 g/mol. The number of thiophene rings is 1. The fourth-order valence-electron chi connectivity index (χ4n) is 3.83. The molecule has 2 aliphatic rings. The number of hydrogen-bond acceptors (Lipinski definition) is 3. The van der Waals surface area contributed by atoms with E-state index in [0.29, 0.717) is 17.9 Å². The van der Waals surface area contributed by atoms with Crippen LogP contribution < -0.4 is 10.6 Å². The van der Waals surface area contributed by atoms with Crippen molar-refractivity contribution in [1.82, 2.24) is 5.32 Å². The Hall–Kier alpha value is -2.07. The number of anilines is 1. The van der Waals surface area contributed by atoms with E-state index in [9.17, 15) is 4.79 Å². The highest BCUT2D eigenvalue weighted by Crippen LogP contribution is 2.50. The third-order valence-electron chi connectivity index (χ3n) is 5.01. The summed E-state index contributed by atoms with van der Waals surface area (Å²) in [4.78, 5) is 13.7. The second-order valence-electron chi connectivity index (χ2n) is 6.55. The standard InChI is InChI=1S/C20H22N2OS/c1-2-10-21-20(23)13-8-9-17-16(12-13)14-5-3-6-15(14)19(22-17)18-7-4-11-24-18/h3-5,7-9,11-12,14-15,19,22H,2,6,10H2,1H3,(H,21,23). The number of rotatable bonds is 4. The molecule has 3 unspecified atom stereocenters. The second kappa shape index (κ2) is 6.44. The molecule has 1 aromatic carbocycles. The van der Waals surface area contributed by atoms with E-state index in [4.69, 9.17) is 0 Å². The van der Waals surface area contributed by atoms with Crippen LogP contribution in [0, 0.1) is 5.92 Å². The van der Waals surface area contributed by atoms with Crippen LogP contribution in [0.5, 0.6) is 0 Å². The van der Waals surface area contributed by atoms with Crippen LogP contribution in [0.25, 0.3) is 0 Å². The van der Waals surface area contributed by atoms with Gasteiger partial charge in [0.2, 0.25) is 0 Å². The normalized spacial score (nSPS) is 24.1. The lowest BCUT2D eigenvalue weighted by Crippen LogP contribution is -2.29. The molecule has 0 fully saturated rings. The molecule has 0 bridgehead atoms. The van der Waals surface area contributed by atoms with Gasteiger partial charge in [-0.3, -0.25) is 4.79 Å². The van der Waals surface area contributed by atoms with Gasteiger partial charge in [-0.15, -0.1) is 11.3 Å². The van der Waals surface area contributed by atoms with Crippen molar-refractivity contribution in [1.29, 1.82) is 0 Å². The van der Waals surface area contributed by atoms with E-state index in [1.165, 1.54) is 10.4 Å². The van der Waals surface area contributed by atoms with E-state index >= 15 is 0 Å². The number of benzene rings is 1. The van der Waals surface area contributed by atoms with E-state index in [2.05, 4.69) is 59.4 Å². The van der Waals surface area contributed by atoms with Gasteiger partial charge in [-0.2, -0.15) is 0 Å². The van der Waals surface area contributed by atoms with Crippen LogP contribution in [0.1, 0.15) is 52.5 Å². The van der Waals surface area contributed by atoms with E-state index in [0.717, 1.165) is 30.6 Å². The predicted molar refractivity (Wildman–Crippen MR) is 99.7 cm³/mol. The predicted octanol–water partition coefficient (Wildman–Crippen LogP) is 4.71. The van der Waals surface area contributed by atoms with Crippen molar-refractivity contribution in [2.75, 3.05) is 11.9 Å². The minimum Gasteiger partial charge on any atom is -0.377 e. The van der Waals surface area contributed by atoms with Gasteiger partial charge in [-0.25, -0.2) is 0 Å². The molecule has 0 spiro atoms. The van der Waals surface area contributed by atoms with Gasteiger partial charge in [0.15, 0.2) is 0 Å². The number of hydrogen-bond donors (Lipinski definition) is 2. The summed E-state index contributed by atoms with van der Waals surface area (Å²) in [6.07, 6.45) is 6.65. The van der Waals surface area contributed by atoms with E-state index in [-0.39, 0.29) is 5.91 Å². The summed E-state index contributed by atoms with van der Waals surface area (Å²) in [6, 6.07) is 10.8. The molecule has 1 amide bonds. The molecular formula is C20H22N2OS. The number of nitrogens with one attached hydrogen (secondary N) is 2. The number of allylic oxidation sites excluding steroid dienone is 2. The van der Waals surface area contributed by atoms with Gasteiger partial charge >= 0.3 is 0 Å². The van der Waals surface area contributed by atoms with Gasteiger partial charge in [0, 0.05) is 28.6 Å². The van der Waals surface area contributed by atoms with Crippen molar-refractivity contribution in [3.8, 4) is 0 Å². The molecule has 4 rings (SSSR count). The van der Waals surface area contributed by atoms with E-state index in [1.807, 2.05) is 17.4 Å². The highest BCUT2D eigenvalue weighted by molar-refractivity contribution is 7.10. The van der Waals surface area contributed by atoms with Gasteiger partial charge < -0.3 is 10.6 Å². The molecule has 0 radical (unpaired) electrons. The zero-order chi connectivity index (χ0) is 16.5. The smallest absolute Gasteiger partial charge is 0.251 e. The monoisotopic (exact) mass is 338 g/mol. The third-order valence-corrected chi connectivity index (χ3v) is 5.97. The first-order chi connectivity index (χ1) is 11.8. The lowest BCUT2D eigenvalue weighted by molar-refractivity contribution is 0.0953. The molecule has 2 N–H and O–H groups in total. The Morgan fingerprint density at radius 3 is 3.08 bits per heavy atom. The maximum atomic E-state index is 12.3. The zero-order valence-electron chi connectivity index (χ0n) is 13.8.